The van der Waals surface area contributed by atoms with E-state index in [1.165, 1.54) is 0 Å². The zero-order valence-electron chi connectivity index (χ0n) is 13.4. The quantitative estimate of drug-likeness (QED) is 0.526. The van der Waals surface area contributed by atoms with Crippen molar-refractivity contribution in [3.05, 3.63) is 97.6 Å². The van der Waals surface area contributed by atoms with Gasteiger partial charge in [0.2, 0.25) is 0 Å². The Balaban J connectivity index is 0.000000173. The summed E-state index contributed by atoms with van der Waals surface area (Å²) in [6.07, 6.45) is 7.07. The minimum absolute atomic E-state index is 0. The molecule has 0 N–H and O–H groups in total. The lowest BCUT2D eigenvalue weighted by atomic mass is 10.2. The van der Waals surface area contributed by atoms with Gasteiger partial charge in [-0.25, -0.2) is 0 Å². The third-order valence-corrected chi connectivity index (χ3v) is 3.18. The molecule has 4 aromatic heterocycles. The Hall–Kier alpha value is -3.11. The number of halogens is 1. The fourth-order valence-electron chi connectivity index (χ4n) is 2.06. The lowest BCUT2D eigenvalue weighted by Gasteiger charge is -1.96. The number of hydrogen-bond acceptors (Lipinski definition) is 4. The molecule has 0 aliphatic heterocycles. The molecule has 0 aromatic carbocycles. The molecule has 25 heavy (non-hydrogen) atoms. The second-order valence-corrected chi connectivity index (χ2v) is 4.86. The van der Waals surface area contributed by atoms with E-state index in [2.05, 4.69) is 19.9 Å². The average Bonchev–Trinajstić information content (AvgIpc) is 2.71. The van der Waals surface area contributed by atoms with Crippen LogP contribution in [-0.4, -0.2) is 19.9 Å². The van der Waals surface area contributed by atoms with E-state index in [1.54, 1.807) is 24.8 Å². The molecule has 0 radical (unpaired) electrons. The van der Waals surface area contributed by atoms with Crippen LogP contribution >= 0.6 is 12.4 Å². The highest BCUT2D eigenvalue weighted by Crippen LogP contribution is 2.11. The van der Waals surface area contributed by atoms with Crippen molar-refractivity contribution in [2.45, 2.75) is 0 Å². The van der Waals surface area contributed by atoms with Crippen LogP contribution in [-0.2, 0) is 0 Å². The topological polar surface area (TPSA) is 51.6 Å². The van der Waals surface area contributed by atoms with Crippen molar-refractivity contribution in [1.82, 2.24) is 19.9 Å². The largest absolute Gasteiger partial charge is 0.255 e. The molecule has 0 aliphatic carbocycles. The first-order chi connectivity index (χ1) is 11.9. The molecule has 0 amide bonds. The predicted molar refractivity (Wildman–Crippen MR) is 102 cm³/mol. The van der Waals surface area contributed by atoms with Gasteiger partial charge in [0.15, 0.2) is 0 Å². The van der Waals surface area contributed by atoms with Crippen LogP contribution in [0.2, 0.25) is 0 Å². The lowest BCUT2D eigenvalue weighted by Crippen LogP contribution is -1.83. The first kappa shape index (κ1) is 18.2. The van der Waals surface area contributed by atoms with E-state index in [0.717, 1.165) is 22.8 Å². The molecule has 0 fully saturated rings. The zero-order chi connectivity index (χ0) is 16.5. The van der Waals surface area contributed by atoms with Crippen molar-refractivity contribution >= 4 is 12.4 Å². The van der Waals surface area contributed by atoms with E-state index in [9.17, 15) is 0 Å². The Morgan fingerprint density at radius 1 is 0.360 bits per heavy atom. The fourth-order valence-corrected chi connectivity index (χ4v) is 2.06. The molecule has 124 valence electrons. The standard InChI is InChI=1S/2C10H8N2.ClH/c2*1-3-7-11-9(5-1)10-6-2-4-8-12-10;/h2*1-8H;1H. The summed E-state index contributed by atoms with van der Waals surface area (Å²) in [5, 5.41) is 0. The number of aromatic nitrogens is 4. The Morgan fingerprint density at radius 3 is 0.760 bits per heavy atom. The first-order valence-corrected chi connectivity index (χ1v) is 7.58. The van der Waals surface area contributed by atoms with Crippen LogP contribution < -0.4 is 0 Å². The van der Waals surface area contributed by atoms with Gasteiger partial charge in [-0.05, 0) is 48.5 Å². The summed E-state index contributed by atoms with van der Waals surface area (Å²) >= 11 is 0. The van der Waals surface area contributed by atoms with Gasteiger partial charge in [0, 0.05) is 24.8 Å². The van der Waals surface area contributed by atoms with Crippen molar-refractivity contribution < 1.29 is 0 Å². The molecule has 0 aliphatic rings. The second kappa shape index (κ2) is 9.90. The summed E-state index contributed by atoms with van der Waals surface area (Å²) < 4.78 is 0. The predicted octanol–water partition coefficient (Wildman–Crippen LogP) is 4.71. The molecule has 4 nitrogen and oxygen atoms in total. The maximum absolute atomic E-state index is 4.19. The van der Waals surface area contributed by atoms with Crippen LogP contribution in [0.25, 0.3) is 22.8 Å². The highest BCUT2D eigenvalue weighted by Gasteiger charge is 1.96. The number of rotatable bonds is 2. The summed E-state index contributed by atoms with van der Waals surface area (Å²) in [6, 6.07) is 23.2. The molecule has 0 saturated carbocycles. The van der Waals surface area contributed by atoms with E-state index in [4.69, 9.17) is 0 Å². The van der Waals surface area contributed by atoms with E-state index in [1.807, 2.05) is 72.8 Å². The van der Waals surface area contributed by atoms with Crippen LogP contribution in [0.3, 0.4) is 0 Å². The van der Waals surface area contributed by atoms with Gasteiger partial charge in [-0.3, -0.25) is 19.9 Å². The lowest BCUT2D eigenvalue weighted by molar-refractivity contribution is 1.25. The molecular formula is C20H17ClN4. The molecule has 0 saturated heterocycles. The summed E-state index contributed by atoms with van der Waals surface area (Å²) in [6.45, 7) is 0. The van der Waals surface area contributed by atoms with E-state index in [0.29, 0.717) is 0 Å². The number of hydrogen-bond donors (Lipinski definition) is 0. The SMILES string of the molecule is Cl.c1ccc(-c2ccccn2)nc1.c1ccc(-c2ccccn2)nc1. The number of nitrogens with zero attached hydrogens (tertiary/aromatic N) is 4. The average molecular weight is 349 g/mol. The summed E-state index contributed by atoms with van der Waals surface area (Å²) in [5.74, 6) is 0. The van der Waals surface area contributed by atoms with Crippen LogP contribution in [0.5, 0.6) is 0 Å². The van der Waals surface area contributed by atoms with Gasteiger partial charge in [0.1, 0.15) is 0 Å². The minimum Gasteiger partial charge on any atom is -0.255 e. The molecular weight excluding hydrogens is 332 g/mol. The van der Waals surface area contributed by atoms with Crippen molar-refractivity contribution in [2.24, 2.45) is 0 Å². The Labute approximate surface area is 153 Å². The van der Waals surface area contributed by atoms with Gasteiger partial charge in [0.25, 0.3) is 0 Å². The molecule has 0 unspecified atom stereocenters. The van der Waals surface area contributed by atoms with Crippen molar-refractivity contribution in [3.63, 3.8) is 0 Å². The van der Waals surface area contributed by atoms with Crippen LogP contribution in [0.15, 0.2) is 97.6 Å². The molecule has 4 aromatic rings. The van der Waals surface area contributed by atoms with Gasteiger partial charge < -0.3 is 0 Å². The first-order valence-electron chi connectivity index (χ1n) is 7.58. The van der Waals surface area contributed by atoms with Crippen molar-refractivity contribution in [3.8, 4) is 22.8 Å². The summed E-state index contributed by atoms with van der Waals surface area (Å²) in [7, 11) is 0. The highest BCUT2D eigenvalue weighted by molar-refractivity contribution is 5.85. The fraction of sp³-hybridized carbons (Fsp3) is 0. The minimum atomic E-state index is 0. The van der Waals surface area contributed by atoms with E-state index >= 15 is 0 Å². The zero-order valence-corrected chi connectivity index (χ0v) is 14.3. The molecule has 0 atom stereocenters. The van der Waals surface area contributed by atoms with E-state index < -0.39 is 0 Å². The van der Waals surface area contributed by atoms with Crippen LogP contribution in [0.4, 0.5) is 0 Å². The molecule has 4 rings (SSSR count). The van der Waals surface area contributed by atoms with E-state index in [-0.39, 0.29) is 12.4 Å². The molecule has 0 bridgehead atoms. The normalized spacial score (nSPS) is 9.28. The maximum Gasteiger partial charge on any atom is 0.0886 e. The highest BCUT2D eigenvalue weighted by atomic mass is 35.5. The van der Waals surface area contributed by atoms with Crippen molar-refractivity contribution in [1.29, 1.82) is 0 Å². The smallest absolute Gasteiger partial charge is 0.0886 e. The van der Waals surface area contributed by atoms with Gasteiger partial charge in [-0.2, -0.15) is 0 Å². The third kappa shape index (κ3) is 5.48. The number of pyridine rings is 4. The monoisotopic (exact) mass is 348 g/mol. The Morgan fingerprint density at radius 2 is 0.600 bits per heavy atom. The van der Waals surface area contributed by atoms with Crippen molar-refractivity contribution in [2.75, 3.05) is 0 Å². The van der Waals surface area contributed by atoms with Gasteiger partial charge in [0.05, 0.1) is 22.8 Å². The van der Waals surface area contributed by atoms with Gasteiger partial charge >= 0.3 is 0 Å². The van der Waals surface area contributed by atoms with Crippen LogP contribution in [0.1, 0.15) is 0 Å². The molecule has 5 heteroatoms. The third-order valence-electron chi connectivity index (χ3n) is 3.18. The summed E-state index contributed by atoms with van der Waals surface area (Å²) in [4.78, 5) is 16.7. The summed E-state index contributed by atoms with van der Waals surface area (Å²) in [5.41, 5.74) is 3.66. The molecule has 4 heterocycles. The van der Waals surface area contributed by atoms with Gasteiger partial charge in [-0.1, -0.05) is 24.3 Å². The Kier molecular flexibility index (Phi) is 7.22. The van der Waals surface area contributed by atoms with Gasteiger partial charge in [-0.15, -0.1) is 12.4 Å². The maximum atomic E-state index is 4.19. The molecule has 0 spiro atoms. The Bertz CT molecular complexity index is 692. The van der Waals surface area contributed by atoms with Crippen LogP contribution in [0, 0.1) is 0 Å². The second-order valence-electron chi connectivity index (χ2n) is 4.86.